The molecule has 0 fully saturated rings. The summed E-state index contributed by atoms with van der Waals surface area (Å²) in [6, 6.07) is 18.5. The first kappa shape index (κ1) is 23.7. The van der Waals surface area contributed by atoms with Gasteiger partial charge in [0.2, 0.25) is 0 Å². The second-order valence-corrected chi connectivity index (χ2v) is 8.05. The topological polar surface area (TPSA) is 140 Å². The number of anilines is 1. The maximum absolute atomic E-state index is 13.0. The lowest BCUT2D eigenvalue weighted by atomic mass is 10.0. The zero-order valence-corrected chi connectivity index (χ0v) is 19.3. The number of aromatic nitrogens is 1. The smallest absolute Gasteiger partial charge is 0.198 e. The monoisotopic (exact) mass is 494 g/mol. The highest BCUT2D eigenvalue weighted by molar-refractivity contribution is 6.39. The van der Waals surface area contributed by atoms with E-state index in [1.54, 1.807) is 42.5 Å². The van der Waals surface area contributed by atoms with Crippen LogP contribution in [0.4, 0.5) is 11.4 Å². The molecule has 0 spiro atoms. The second kappa shape index (κ2) is 9.90. The third-order valence-corrected chi connectivity index (χ3v) is 5.86. The van der Waals surface area contributed by atoms with E-state index in [-0.39, 0.29) is 28.4 Å². The fourth-order valence-electron chi connectivity index (χ4n) is 4.15. The molecule has 182 valence electrons. The second-order valence-electron chi connectivity index (χ2n) is 8.05. The highest BCUT2D eigenvalue weighted by Crippen LogP contribution is 2.41. The minimum atomic E-state index is -0.410. The number of nitrogens with one attached hydrogen (secondary N) is 1. The molecule has 0 saturated carbocycles. The van der Waals surface area contributed by atoms with Crippen molar-refractivity contribution in [2.24, 2.45) is 10.4 Å². The summed E-state index contributed by atoms with van der Waals surface area (Å²) in [4.78, 5) is 49.2. The molecule has 0 bridgehead atoms. The van der Waals surface area contributed by atoms with Crippen LogP contribution in [0.15, 0.2) is 77.1 Å². The molecule has 0 unspecified atom stereocenters. The van der Waals surface area contributed by atoms with Crippen molar-refractivity contribution in [3.63, 3.8) is 0 Å². The first-order valence-electron chi connectivity index (χ1n) is 11.0. The van der Waals surface area contributed by atoms with E-state index in [0.29, 0.717) is 27.7 Å². The number of carbonyl (C=O) groups excluding carboxylic acids is 1. The van der Waals surface area contributed by atoms with Gasteiger partial charge in [0.05, 0.1) is 23.9 Å². The molecule has 4 aromatic rings. The van der Waals surface area contributed by atoms with Gasteiger partial charge in [-0.05, 0) is 51.8 Å². The average molecular weight is 494 g/mol. The van der Waals surface area contributed by atoms with Gasteiger partial charge in [-0.2, -0.15) is 0 Å². The number of fused-ring (bicyclic) bond motifs is 2. The molecule has 0 aliphatic heterocycles. The molecule has 0 saturated heterocycles. The number of allylic oxidation sites excluding steroid dienone is 1. The molecule has 3 aromatic carbocycles. The van der Waals surface area contributed by atoms with Crippen molar-refractivity contribution in [2.75, 3.05) is 12.6 Å². The maximum Gasteiger partial charge on any atom is 0.198 e. The lowest BCUT2D eigenvalue weighted by molar-refractivity contribution is -0.248. The number of benzene rings is 3. The van der Waals surface area contributed by atoms with Crippen LogP contribution in [0.3, 0.4) is 0 Å². The number of rotatable bonds is 8. The van der Waals surface area contributed by atoms with E-state index in [1.807, 2.05) is 24.3 Å². The molecule has 1 aromatic heterocycles. The Hall–Kier alpha value is -5.06. The van der Waals surface area contributed by atoms with Crippen LogP contribution < -0.4 is 5.48 Å². The standard InChI is InChI=1S/C27H18N4O6/c1-36-37-31-22-13-16(9-11-21(22)29-34)7-6-15-8-10-20-17(12-15)14-23(32)26(28-20)24-25(30-35)18-4-2-3-5-19(18)27(24)33/h2-14,31-32H,1H3/b7-6+. The Morgan fingerprint density at radius 2 is 1.65 bits per heavy atom. The van der Waals surface area contributed by atoms with Crippen molar-refractivity contribution in [1.29, 1.82) is 0 Å². The predicted molar refractivity (Wildman–Crippen MR) is 139 cm³/mol. The number of nitroso groups, excluding NO2 is 2. The number of hydrogen-bond acceptors (Lipinski definition) is 10. The Bertz CT molecular complexity index is 1640. The molecule has 1 aliphatic carbocycles. The Balaban J connectivity index is 1.48. The van der Waals surface area contributed by atoms with Gasteiger partial charge >= 0.3 is 0 Å². The SMILES string of the molecule is COONc1cc(/C=C/c2ccc3nc(C4=C(N=O)c5ccccc5C4=O)c(O)cc3c2)ccc1N=O. The van der Waals surface area contributed by atoms with Gasteiger partial charge in [0.15, 0.2) is 5.78 Å². The van der Waals surface area contributed by atoms with E-state index >= 15 is 0 Å². The van der Waals surface area contributed by atoms with Gasteiger partial charge in [0, 0.05) is 16.5 Å². The van der Waals surface area contributed by atoms with Gasteiger partial charge in [-0.1, -0.05) is 48.6 Å². The summed E-state index contributed by atoms with van der Waals surface area (Å²) in [5.41, 5.74) is 5.78. The third kappa shape index (κ3) is 4.38. The summed E-state index contributed by atoms with van der Waals surface area (Å²) in [6.07, 6.45) is 3.65. The van der Waals surface area contributed by atoms with E-state index < -0.39 is 5.78 Å². The lowest BCUT2D eigenvalue weighted by Crippen LogP contribution is -2.01. The molecule has 37 heavy (non-hydrogen) atoms. The average Bonchev–Trinajstić information content (AvgIpc) is 3.21. The summed E-state index contributed by atoms with van der Waals surface area (Å²) in [5, 5.41) is 17.4. The minimum absolute atomic E-state index is 0.00813. The molecule has 0 atom stereocenters. The highest BCUT2D eigenvalue weighted by Gasteiger charge is 2.33. The summed E-state index contributed by atoms with van der Waals surface area (Å²) in [7, 11) is 1.32. The van der Waals surface area contributed by atoms with E-state index in [9.17, 15) is 19.7 Å². The molecule has 0 amide bonds. The zero-order chi connectivity index (χ0) is 25.9. The number of hydrogen-bond donors (Lipinski definition) is 2. The molecule has 5 rings (SSSR count). The van der Waals surface area contributed by atoms with E-state index in [4.69, 9.17) is 0 Å². The maximum atomic E-state index is 13.0. The van der Waals surface area contributed by atoms with Gasteiger partial charge in [-0.25, -0.2) is 15.4 Å². The predicted octanol–water partition coefficient (Wildman–Crippen LogP) is 6.24. The largest absolute Gasteiger partial charge is 0.506 e. The third-order valence-electron chi connectivity index (χ3n) is 5.86. The number of aromatic hydroxyl groups is 1. The van der Waals surface area contributed by atoms with Crippen molar-refractivity contribution in [1.82, 2.24) is 4.98 Å². The lowest BCUT2D eigenvalue weighted by Gasteiger charge is -2.08. The Morgan fingerprint density at radius 3 is 2.38 bits per heavy atom. The van der Waals surface area contributed by atoms with Crippen LogP contribution in [-0.4, -0.2) is 23.0 Å². The van der Waals surface area contributed by atoms with Crippen LogP contribution in [-0.2, 0) is 9.88 Å². The Morgan fingerprint density at radius 1 is 0.919 bits per heavy atom. The summed E-state index contributed by atoms with van der Waals surface area (Å²) in [5.74, 6) is -0.649. The van der Waals surface area contributed by atoms with Crippen LogP contribution >= 0.6 is 0 Å². The first-order valence-corrected chi connectivity index (χ1v) is 11.0. The number of pyridine rings is 1. The van der Waals surface area contributed by atoms with Gasteiger partial charge in [-0.15, -0.1) is 14.8 Å². The van der Waals surface area contributed by atoms with Crippen molar-refractivity contribution in [3.8, 4) is 5.75 Å². The van der Waals surface area contributed by atoms with E-state index in [0.717, 1.165) is 11.1 Å². The number of carbonyl (C=O) groups is 1. The zero-order valence-electron chi connectivity index (χ0n) is 19.3. The van der Waals surface area contributed by atoms with Crippen molar-refractivity contribution in [3.05, 3.63) is 104 Å². The normalized spacial score (nSPS) is 12.8. The molecule has 10 nitrogen and oxygen atoms in total. The molecular formula is C27H18N4O6. The number of nitrogens with zero attached hydrogens (tertiary/aromatic N) is 3. The molecule has 0 radical (unpaired) electrons. The Kier molecular flexibility index (Phi) is 6.33. The minimum Gasteiger partial charge on any atom is -0.506 e. The van der Waals surface area contributed by atoms with Gasteiger partial charge < -0.3 is 5.11 Å². The number of Topliss-reactive ketones (excluding diaryl/α,β-unsaturated/α-hetero) is 1. The fraction of sp³-hybridized carbons (Fsp3) is 0.0370. The molecule has 10 heteroatoms. The molecule has 1 aliphatic rings. The fourth-order valence-corrected chi connectivity index (χ4v) is 4.15. The summed E-state index contributed by atoms with van der Waals surface area (Å²) < 4.78 is 0. The molecular weight excluding hydrogens is 476 g/mol. The number of ketones is 1. The van der Waals surface area contributed by atoms with Gasteiger partial charge in [0.1, 0.15) is 22.8 Å². The van der Waals surface area contributed by atoms with Crippen LogP contribution in [0.5, 0.6) is 5.75 Å². The molecule has 1 heterocycles. The van der Waals surface area contributed by atoms with Crippen LogP contribution in [0.2, 0.25) is 0 Å². The van der Waals surface area contributed by atoms with Crippen LogP contribution in [0.1, 0.15) is 32.7 Å². The highest BCUT2D eigenvalue weighted by atomic mass is 17.3. The van der Waals surface area contributed by atoms with Crippen LogP contribution in [0, 0.1) is 9.81 Å². The van der Waals surface area contributed by atoms with E-state index in [2.05, 4.69) is 30.7 Å². The quantitative estimate of drug-likeness (QED) is 0.127. The summed E-state index contributed by atoms with van der Waals surface area (Å²) >= 11 is 0. The van der Waals surface area contributed by atoms with Gasteiger partial charge in [-0.3, -0.25) is 4.79 Å². The first-order chi connectivity index (χ1) is 18.0. The Labute approximate surface area is 209 Å². The van der Waals surface area contributed by atoms with Crippen molar-refractivity contribution < 1.29 is 19.8 Å². The van der Waals surface area contributed by atoms with Crippen molar-refractivity contribution in [2.45, 2.75) is 0 Å². The van der Waals surface area contributed by atoms with E-state index in [1.165, 1.54) is 19.2 Å². The summed E-state index contributed by atoms with van der Waals surface area (Å²) in [6.45, 7) is 0. The van der Waals surface area contributed by atoms with Crippen LogP contribution in [0.25, 0.3) is 34.3 Å². The molecule has 2 N–H and O–H groups in total. The van der Waals surface area contributed by atoms with Crippen molar-refractivity contribution >= 4 is 51.5 Å². The van der Waals surface area contributed by atoms with Gasteiger partial charge in [0.25, 0.3) is 0 Å².